The van der Waals surface area contributed by atoms with E-state index in [-0.39, 0.29) is 5.92 Å². The van der Waals surface area contributed by atoms with Gasteiger partial charge in [0.25, 0.3) is 5.91 Å². The molecule has 0 radical (unpaired) electrons. The van der Waals surface area contributed by atoms with Crippen molar-refractivity contribution in [3.05, 3.63) is 35.9 Å². The molecule has 1 rings (SSSR count). The molecule has 3 atom stereocenters. The lowest BCUT2D eigenvalue weighted by atomic mass is 10.00. The standard InChI is InChI=1S/C17H26N2O4/c1-11(2)10-14(17(22)23)19-16(21)15(20)13(18)9-8-12-6-4-3-5-7-12/h3-7,11,13-15,20H,8-10,18H2,1-2H3,(H,19,21)(H,22,23)/t13-,14+,15+/m1/s1. The van der Waals surface area contributed by atoms with E-state index in [1.54, 1.807) is 0 Å². The Balaban J connectivity index is 2.52. The molecule has 128 valence electrons. The van der Waals surface area contributed by atoms with E-state index >= 15 is 0 Å². The third-order valence-electron chi connectivity index (χ3n) is 3.61. The van der Waals surface area contributed by atoms with Gasteiger partial charge in [-0.05, 0) is 30.7 Å². The maximum Gasteiger partial charge on any atom is 0.326 e. The molecule has 0 fully saturated rings. The smallest absolute Gasteiger partial charge is 0.326 e. The summed E-state index contributed by atoms with van der Waals surface area (Å²) in [5, 5.41) is 21.5. The van der Waals surface area contributed by atoms with Crippen LogP contribution in [0.25, 0.3) is 0 Å². The molecule has 1 aromatic carbocycles. The monoisotopic (exact) mass is 322 g/mol. The van der Waals surface area contributed by atoms with Crippen molar-refractivity contribution in [2.75, 3.05) is 0 Å². The van der Waals surface area contributed by atoms with Crippen LogP contribution >= 0.6 is 0 Å². The number of aryl methyl sites for hydroxylation is 1. The molecule has 6 heteroatoms. The van der Waals surface area contributed by atoms with Gasteiger partial charge in [-0.15, -0.1) is 0 Å². The lowest BCUT2D eigenvalue weighted by Gasteiger charge is -2.22. The number of carbonyl (C=O) groups is 2. The largest absolute Gasteiger partial charge is 0.480 e. The van der Waals surface area contributed by atoms with Crippen molar-refractivity contribution in [1.82, 2.24) is 5.32 Å². The summed E-state index contributed by atoms with van der Waals surface area (Å²) in [6.45, 7) is 3.73. The molecule has 23 heavy (non-hydrogen) atoms. The van der Waals surface area contributed by atoms with Crippen LogP contribution in [0.3, 0.4) is 0 Å². The van der Waals surface area contributed by atoms with Crippen molar-refractivity contribution in [1.29, 1.82) is 0 Å². The summed E-state index contributed by atoms with van der Waals surface area (Å²) in [7, 11) is 0. The summed E-state index contributed by atoms with van der Waals surface area (Å²) < 4.78 is 0. The molecule has 0 saturated heterocycles. The van der Waals surface area contributed by atoms with E-state index < -0.39 is 30.1 Å². The number of carboxylic acid groups (broad SMARTS) is 1. The van der Waals surface area contributed by atoms with Gasteiger partial charge in [-0.1, -0.05) is 44.2 Å². The van der Waals surface area contributed by atoms with Crippen molar-refractivity contribution in [2.24, 2.45) is 11.7 Å². The quantitative estimate of drug-likeness (QED) is 0.540. The van der Waals surface area contributed by atoms with E-state index in [0.717, 1.165) is 5.56 Å². The minimum atomic E-state index is -1.42. The van der Waals surface area contributed by atoms with E-state index in [9.17, 15) is 14.7 Å². The highest BCUT2D eigenvalue weighted by molar-refractivity contribution is 5.86. The predicted molar refractivity (Wildman–Crippen MR) is 87.8 cm³/mol. The molecule has 1 aromatic rings. The van der Waals surface area contributed by atoms with Crippen LogP contribution in [-0.2, 0) is 16.0 Å². The normalized spacial score (nSPS) is 15.0. The summed E-state index contributed by atoms with van der Waals surface area (Å²) in [6.07, 6.45) is -0.0541. The zero-order chi connectivity index (χ0) is 17.4. The molecular formula is C17H26N2O4. The first-order chi connectivity index (χ1) is 10.8. The molecule has 0 aliphatic rings. The Hall–Kier alpha value is -1.92. The summed E-state index contributed by atoms with van der Waals surface area (Å²) in [6, 6.07) is 7.86. The third kappa shape index (κ3) is 6.80. The number of hydrogen-bond donors (Lipinski definition) is 4. The number of benzene rings is 1. The van der Waals surface area contributed by atoms with Gasteiger partial charge < -0.3 is 21.3 Å². The highest BCUT2D eigenvalue weighted by Gasteiger charge is 2.28. The van der Waals surface area contributed by atoms with Gasteiger partial charge in [-0.3, -0.25) is 4.79 Å². The van der Waals surface area contributed by atoms with Crippen molar-refractivity contribution in [3.63, 3.8) is 0 Å². The van der Waals surface area contributed by atoms with Crippen LogP contribution in [0.2, 0.25) is 0 Å². The van der Waals surface area contributed by atoms with Gasteiger partial charge in [-0.25, -0.2) is 4.79 Å². The van der Waals surface area contributed by atoms with E-state index in [0.29, 0.717) is 19.3 Å². The summed E-state index contributed by atoms with van der Waals surface area (Å²) in [5.74, 6) is -1.74. The number of nitrogens with two attached hydrogens (primary N) is 1. The minimum Gasteiger partial charge on any atom is -0.480 e. The maximum atomic E-state index is 12.0. The van der Waals surface area contributed by atoms with Crippen LogP contribution < -0.4 is 11.1 Å². The van der Waals surface area contributed by atoms with Gasteiger partial charge in [0, 0.05) is 6.04 Å². The fourth-order valence-corrected chi connectivity index (χ4v) is 2.28. The van der Waals surface area contributed by atoms with Crippen LogP contribution in [0, 0.1) is 5.92 Å². The number of carboxylic acids is 1. The van der Waals surface area contributed by atoms with Crippen molar-refractivity contribution < 1.29 is 19.8 Å². The zero-order valence-electron chi connectivity index (χ0n) is 13.6. The number of rotatable bonds is 9. The molecule has 0 aliphatic carbocycles. The summed E-state index contributed by atoms with van der Waals surface area (Å²) in [4.78, 5) is 23.1. The first kappa shape index (κ1) is 19.1. The van der Waals surface area contributed by atoms with E-state index in [2.05, 4.69) is 5.32 Å². The fraction of sp³-hybridized carbons (Fsp3) is 0.529. The number of aliphatic hydroxyl groups is 1. The molecule has 0 heterocycles. The average Bonchev–Trinajstić information content (AvgIpc) is 2.51. The molecule has 0 aliphatic heterocycles. The molecule has 6 nitrogen and oxygen atoms in total. The zero-order valence-corrected chi connectivity index (χ0v) is 13.6. The van der Waals surface area contributed by atoms with Gasteiger partial charge in [0.1, 0.15) is 12.1 Å². The first-order valence-corrected chi connectivity index (χ1v) is 7.82. The summed E-state index contributed by atoms with van der Waals surface area (Å²) in [5.41, 5.74) is 6.93. The average molecular weight is 322 g/mol. The molecule has 0 spiro atoms. The van der Waals surface area contributed by atoms with Crippen LogP contribution in [-0.4, -0.2) is 40.3 Å². The van der Waals surface area contributed by atoms with Gasteiger partial charge in [-0.2, -0.15) is 0 Å². The van der Waals surface area contributed by atoms with Crippen molar-refractivity contribution >= 4 is 11.9 Å². The molecule has 0 aromatic heterocycles. The Bertz CT molecular complexity index is 505. The molecular weight excluding hydrogens is 296 g/mol. The van der Waals surface area contributed by atoms with Gasteiger partial charge in [0.05, 0.1) is 0 Å². The van der Waals surface area contributed by atoms with Crippen LogP contribution in [0.1, 0.15) is 32.3 Å². The number of aliphatic hydroxyl groups excluding tert-OH is 1. The number of hydrogen-bond acceptors (Lipinski definition) is 4. The Morgan fingerprint density at radius 2 is 1.83 bits per heavy atom. The third-order valence-corrected chi connectivity index (χ3v) is 3.61. The first-order valence-electron chi connectivity index (χ1n) is 7.82. The van der Waals surface area contributed by atoms with Gasteiger partial charge >= 0.3 is 5.97 Å². The number of amides is 1. The predicted octanol–water partition coefficient (Wildman–Crippen LogP) is 0.923. The maximum absolute atomic E-state index is 12.0. The summed E-state index contributed by atoms with van der Waals surface area (Å²) >= 11 is 0. The number of nitrogens with one attached hydrogen (secondary N) is 1. The highest BCUT2D eigenvalue weighted by atomic mass is 16.4. The topological polar surface area (TPSA) is 113 Å². The molecule has 1 amide bonds. The van der Waals surface area contributed by atoms with Crippen LogP contribution in [0.15, 0.2) is 30.3 Å². The van der Waals surface area contributed by atoms with E-state index in [1.807, 2.05) is 44.2 Å². The fourth-order valence-electron chi connectivity index (χ4n) is 2.28. The van der Waals surface area contributed by atoms with E-state index in [1.165, 1.54) is 0 Å². The van der Waals surface area contributed by atoms with Crippen molar-refractivity contribution in [2.45, 2.75) is 51.3 Å². The lowest BCUT2D eigenvalue weighted by Crippen LogP contribution is -2.51. The number of aliphatic carboxylic acids is 1. The van der Waals surface area contributed by atoms with Crippen LogP contribution in [0.4, 0.5) is 0 Å². The van der Waals surface area contributed by atoms with Gasteiger partial charge in [0.15, 0.2) is 0 Å². The Morgan fingerprint density at radius 1 is 1.22 bits per heavy atom. The van der Waals surface area contributed by atoms with E-state index in [4.69, 9.17) is 10.8 Å². The van der Waals surface area contributed by atoms with Crippen LogP contribution in [0.5, 0.6) is 0 Å². The second-order valence-corrected chi connectivity index (χ2v) is 6.16. The lowest BCUT2D eigenvalue weighted by molar-refractivity contribution is -0.144. The minimum absolute atomic E-state index is 0.111. The SMILES string of the molecule is CC(C)C[C@H](NC(=O)[C@@H](O)[C@H](N)CCc1ccccc1)C(=O)O. The Morgan fingerprint density at radius 3 is 2.35 bits per heavy atom. The Labute approximate surface area is 136 Å². The number of carbonyl (C=O) groups excluding carboxylic acids is 1. The molecule has 0 bridgehead atoms. The molecule has 0 saturated carbocycles. The molecule has 0 unspecified atom stereocenters. The van der Waals surface area contributed by atoms with Gasteiger partial charge in [0.2, 0.25) is 0 Å². The van der Waals surface area contributed by atoms with Crippen molar-refractivity contribution in [3.8, 4) is 0 Å². The second-order valence-electron chi connectivity index (χ2n) is 6.16. The molecule has 5 N–H and O–H groups in total. The second kappa shape index (κ2) is 9.27. The highest BCUT2D eigenvalue weighted by Crippen LogP contribution is 2.08. The Kier molecular flexibility index (Phi) is 7.71.